The minimum absolute atomic E-state index is 0.147. The molecule has 0 unspecified atom stereocenters. The highest BCUT2D eigenvalue weighted by atomic mass is 32.2. The van der Waals surface area contributed by atoms with Gasteiger partial charge in [-0.2, -0.15) is 18.4 Å². The largest absolute Gasteiger partial charge is 0.494 e. The smallest absolute Gasteiger partial charge is 0.446 e. The first-order valence-electron chi connectivity index (χ1n) is 4.78. The number of esters is 1. The van der Waals surface area contributed by atoms with Crippen LogP contribution in [-0.2, 0) is 4.74 Å². The van der Waals surface area contributed by atoms with E-state index in [0.29, 0.717) is 0 Å². The first-order valence-corrected chi connectivity index (χ1v) is 5.60. The lowest BCUT2D eigenvalue weighted by Gasteiger charge is -2.13. The van der Waals surface area contributed by atoms with E-state index < -0.39 is 23.2 Å². The standard InChI is InChI=1S/C11H8F3NO3S/c1-17-9-7(5-15)3-6(10(16)18-2)4-8(9)19-11(12,13)14/h3-4H,1-2H3. The van der Waals surface area contributed by atoms with E-state index in [-0.39, 0.29) is 21.8 Å². The Hall–Kier alpha value is -1.88. The van der Waals surface area contributed by atoms with Crippen LogP contribution in [0, 0.1) is 11.3 Å². The molecule has 0 atom stereocenters. The summed E-state index contributed by atoms with van der Waals surface area (Å²) in [5.74, 6) is -1.05. The van der Waals surface area contributed by atoms with Gasteiger partial charge >= 0.3 is 11.5 Å². The van der Waals surface area contributed by atoms with Crippen LogP contribution in [-0.4, -0.2) is 25.7 Å². The molecule has 0 aliphatic rings. The second-order valence-corrected chi connectivity index (χ2v) is 4.31. The van der Waals surface area contributed by atoms with Crippen LogP contribution >= 0.6 is 11.8 Å². The van der Waals surface area contributed by atoms with Gasteiger partial charge < -0.3 is 9.47 Å². The monoisotopic (exact) mass is 291 g/mol. The molecule has 19 heavy (non-hydrogen) atoms. The Labute approximate surface area is 111 Å². The minimum Gasteiger partial charge on any atom is -0.494 e. The first-order chi connectivity index (χ1) is 8.82. The molecule has 0 saturated heterocycles. The van der Waals surface area contributed by atoms with Crippen LogP contribution < -0.4 is 4.74 Å². The zero-order valence-electron chi connectivity index (χ0n) is 9.87. The van der Waals surface area contributed by atoms with Crippen molar-refractivity contribution in [3.05, 3.63) is 23.3 Å². The van der Waals surface area contributed by atoms with Crippen molar-refractivity contribution in [3.63, 3.8) is 0 Å². The molecule has 4 nitrogen and oxygen atoms in total. The number of halogens is 3. The number of carbonyl (C=O) groups is 1. The van der Waals surface area contributed by atoms with Gasteiger partial charge in [0.2, 0.25) is 0 Å². The van der Waals surface area contributed by atoms with Crippen LogP contribution in [0.3, 0.4) is 0 Å². The van der Waals surface area contributed by atoms with Gasteiger partial charge in [0.15, 0.2) is 5.75 Å². The third-order valence-corrected chi connectivity index (χ3v) is 2.78. The fourth-order valence-electron chi connectivity index (χ4n) is 1.33. The van der Waals surface area contributed by atoms with Crippen LogP contribution in [0.2, 0.25) is 0 Å². The average Bonchev–Trinajstić information content (AvgIpc) is 2.34. The Kier molecular flexibility index (Phi) is 4.67. The van der Waals surface area contributed by atoms with Crippen LogP contribution in [0.25, 0.3) is 0 Å². The second kappa shape index (κ2) is 5.84. The average molecular weight is 291 g/mol. The van der Waals surface area contributed by atoms with Gasteiger partial charge in [0.05, 0.1) is 30.2 Å². The zero-order valence-corrected chi connectivity index (χ0v) is 10.7. The van der Waals surface area contributed by atoms with Gasteiger partial charge in [-0.3, -0.25) is 0 Å². The second-order valence-electron chi connectivity index (χ2n) is 3.21. The maximum Gasteiger partial charge on any atom is 0.446 e. The van der Waals surface area contributed by atoms with Crippen LogP contribution in [0.15, 0.2) is 17.0 Å². The van der Waals surface area contributed by atoms with E-state index in [1.807, 2.05) is 0 Å². The molecule has 0 heterocycles. The molecular formula is C11H8F3NO3S. The number of nitriles is 1. The van der Waals surface area contributed by atoms with Crippen molar-refractivity contribution >= 4 is 17.7 Å². The number of rotatable bonds is 3. The minimum atomic E-state index is -4.56. The molecule has 102 valence electrons. The van der Waals surface area contributed by atoms with E-state index in [2.05, 4.69) is 4.74 Å². The summed E-state index contributed by atoms with van der Waals surface area (Å²) in [5.41, 5.74) is -4.88. The maximum absolute atomic E-state index is 12.4. The molecular weight excluding hydrogens is 283 g/mol. The molecule has 0 spiro atoms. The number of thioether (sulfide) groups is 1. The van der Waals surface area contributed by atoms with Gasteiger partial charge in [0.25, 0.3) is 0 Å². The van der Waals surface area contributed by atoms with Crippen molar-refractivity contribution in [2.75, 3.05) is 14.2 Å². The maximum atomic E-state index is 12.4. The molecule has 0 amide bonds. The summed E-state index contributed by atoms with van der Waals surface area (Å²) >= 11 is -0.460. The van der Waals surface area contributed by atoms with Crippen molar-refractivity contribution in [3.8, 4) is 11.8 Å². The number of alkyl halides is 3. The molecule has 1 rings (SSSR count). The van der Waals surface area contributed by atoms with Crippen LogP contribution in [0.1, 0.15) is 15.9 Å². The van der Waals surface area contributed by atoms with Gasteiger partial charge in [0.1, 0.15) is 6.07 Å². The lowest BCUT2D eigenvalue weighted by molar-refractivity contribution is -0.0329. The fraction of sp³-hybridized carbons (Fsp3) is 0.273. The summed E-state index contributed by atoms with van der Waals surface area (Å²) in [5, 5.41) is 8.88. The molecule has 0 aliphatic heterocycles. The predicted molar refractivity (Wildman–Crippen MR) is 61.0 cm³/mol. The van der Waals surface area contributed by atoms with Gasteiger partial charge in [0, 0.05) is 0 Å². The van der Waals surface area contributed by atoms with Gasteiger partial charge in [-0.25, -0.2) is 4.79 Å². The molecule has 8 heteroatoms. The number of ether oxygens (including phenoxy) is 2. The summed E-state index contributed by atoms with van der Waals surface area (Å²) in [6.07, 6.45) is 0. The highest BCUT2D eigenvalue weighted by Crippen LogP contribution is 2.43. The third-order valence-electron chi connectivity index (χ3n) is 2.03. The fourth-order valence-corrected chi connectivity index (χ4v) is 2.05. The lowest BCUT2D eigenvalue weighted by Crippen LogP contribution is -2.06. The van der Waals surface area contributed by atoms with E-state index in [4.69, 9.17) is 10.00 Å². The van der Waals surface area contributed by atoms with E-state index in [9.17, 15) is 18.0 Å². The Morgan fingerprint density at radius 1 is 1.37 bits per heavy atom. The van der Waals surface area contributed by atoms with Gasteiger partial charge in [-0.05, 0) is 23.9 Å². The Morgan fingerprint density at radius 3 is 2.42 bits per heavy atom. The summed E-state index contributed by atoms with van der Waals surface area (Å²) in [6.45, 7) is 0. The molecule has 1 aromatic carbocycles. The van der Waals surface area contributed by atoms with E-state index in [0.717, 1.165) is 26.4 Å². The molecule has 0 saturated carbocycles. The molecule has 0 radical (unpaired) electrons. The van der Waals surface area contributed by atoms with E-state index in [1.54, 1.807) is 6.07 Å². The van der Waals surface area contributed by atoms with Gasteiger partial charge in [-0.1, -0.05) is 0 Å². The first kappa shape index (κ1) is 15.2. The molecule has 0 N–H and O–H groups in total. The van der Waals surface area contributed by atoms with E-state index >= 15 is 0 Å². The van der Waals surface area contributed by atoms with Crippen molar-refractivity contribution < 1.29 is 27.4 Å². The number of benzene rings is 1. The SMILES string of the molecule is COC(=O)c1cc(C#N)c(OC)c(SC(F)(F)F)c1. The summed E-state index contributed by atoms with van der Waals surface area (Å²) in [7, 11) is 2.24. The Bertz CT molecular complexity index is 537. The third kappa shape index (κ3) is 3.79. The zero-order chi connectivity index (χ0) is 14.6. The number of hydrogen-bond donors (Lipinski definition) is 0. The Morgan fingerprint density at radius 2 is 2.00 bits per heavy atom. The lowest BCUT2D eigenvalue weighted by atomic mass is 10.1. The topological polar surface area (TPSA) is 59.3 Å². The van der Waals surface area contributed by atoms with Crippen molar-refractivity contribution in [1.82, 2.24) is 0 Å². The molecule has 0 aliphatic carbocycles. The number of hydrogen-bond acceptors (Lipinski definition) is 5. The van der Waals surface area contributed by atoms with Crippen LogP contribution in [0.5, 0.6) is 5.75 Å². The number of carbonyl (C=O) groups excluding carboxylic acids is 1. The highest BCUT2D eigenvalue weighted by Gasteiger charge is 2.32. The molecule has 0 bridgehead atoms. The van der Waals surface area contributed by atoms with E-state index in [1.165, 1.54) is 0 Å². The van der Waals surface area contributed by atoms with Crippen molar-refractivity contribution in [1.29, 1.82) is 5.26 Å². The van der Waals surface area contributed by atoms with Crippen molar-refractivity contribution in [2.24, 2.45) is 0 Å². The summed E-state index contributed by atoms with van der Waals surface area (Å²) in [6, 6.07) is 3.77. The highest BCUT2D eigenvalue weighted by molar-refractivity contribution is 8.00. The normalized spacial score (nSPS) is 10.7. The van der Waals surface area contributed by atoms with Crippen molar-refractivity contribution in [2.45, 2.75) is 10.4 Å². The summed E-state index contributed by atoms with van der Waals surface area (Å²) in [4.78, 5) is 11.0. The molecule has 0 fully saturated rings. The quantitative estimate of drug-likeness (QED) is 0.633. The van der Waals surface area contributed by atoms with Crippen LogP contribution in [0.4, 0.5) is 13.2 Å². The Balaban J connectivity index is 3.41. The van der Waals surface area contributed by atoms with Gasteiger partial charge in [-0.15, -0.1) is 0 Å². The predicted octanol–water partition coefficient (Wildman–Crippen LogP) is 2.97. The number of nitrogens with zero attached hydrogens (tertiary/aromatic N) is 1. The molecule has 1 aromatic rings. The number of methoxy groups -OCH3 is 2. The molecule has 0 aromatic heterocycles. The summed E-state index contributed by atoms with van der Waals surface area (Å²) < 4.78 is 46.4.